The van der Waals surface area contributed by atoms with Gasteiger partial charge in [0, 0.05) is 61.7 Å². The van der Waals surface area contributed by atoms with Gasteiger partial charge in [0.25, 0.3) is 5.91 Å². The molecule has 0 unspecified atom stereocenters. The number of nitrogens with one attached hydrogen (secondary N) is 2. The average Bonchev–Trinajstić information content (AvgIpc) is 3.40. The summed E-state index contributed by atoms with van der Waals surface area (Å²) in [6.45, 7) is 7.01. The summed E-state index contributed by atoms with van der Waals surface area (Å²) >= 11 is 1.49. The molecule has 0 aliphatic carbocycles. The maximum absolute atomic E-state index is 13.0. The van der Waals surface area contributed by atoms with E-state index in [4.69, 9.17) is 4.74 Å². The topological polar surface area (TPSA) is 73.5 Å². The molecule has 4 heterocycles. The van der Waals surface area contributed by atoms with E-state index in [9.17, 15) is 4.79 Å². The fourth-order valence-corrected chi connectivity index (χ4v) is 5.14. The van der Waals surface area contributed by atoms with E-state index in [1.165, 1.54) is 16.7 Å². The lowest BCUT2D eigenvalue weighted by Crippen LogP contribution is -2.41. The van der Waals surface area contributed by atoms with E-state index in [0.717, 1.165) is 65.7 Å². The van der Waals surface area contributed by atoms with Gasteiger partial charge in [0.2, 0.25) is 0 Å². The van der Waals surface area contributed by atoms with E-state index >= 15 is 0 Å². The van der Waals surface area contributed by atoms with Gasteiger partial charge in [-0.1, -0.05) is 0 Å². The lowest BCUT2D eigenvalue weighted by atomic mass is 10.2. The molecule has 2 N–H and O–H groups in total. The van der Waals surface area contributed by atoms with Crippen LogP contribution in [-0.4, -0.2) is 72.1 Å². The van der Waals surface area contributed by atoms with Crippen LogP contribution in [0, 0.1) is 6.92 Å². The molecule has 1 aliphatic rings. The second kappa shape index (κ2) is 8.90. The van der Waals surface area contributed by atoms with Gasteiger partial charge in [0.05, 0.1) is 34.0 Å². The number of benzene rings is 1. The van der Waals surface area contributed by atoms with Crippen molar-refractivity contribution in [3.63, 3.8) is 0 Å². The number of thiophene rings is 1. The van der Waals surface area contributed by atoms with Gasteiger partial charge in [-0.2, -0.15) is 0 Å². The van der Waals surface area contributed by atoms with Gasteiger partial charge >= 0.3 is 0 Å². The van der Waals surface area contributed by atoms with Crippen LogP contribution in [0.4, 0.5) is 11.4 Å². The molecule has 5 rings (SSSR count). The number of ether oxygens (including phenoxy) is 1. The third kappa shape index (κ3) is 4.34. The lowest BCUT2D eigenvalue weighted by molar-refractivity contribution is 0.0339. The molecular formula is C24H27N5O2S. The van der Waals surface area contributed by atoms with E-state index in [2.05, 4.69) is 51.4 Å². The van der Waals surface area contributed by atoms with Gasteiger partial charge in [-0.25, -0.2) is 0 Å². The number of aromatic nitrogens is 2. The molecule has 1 amide bonds. The Morgan fingerprint density at radius 3 is 2.94 bits per heavy atom. The quantitative estimate of drug-likeness (QED) is 0.461. The minimum Gasteiger partial charge on any atom is -0.379 e. The Morgan fingerprint density at radius 1 is 1.25 bits per heavy atom. The number of amides is 1. The van der Waals surface area contributed by atoms with Crippen LogP contribution in [0.1, 0.15) is 15.4 Å². The van der Waals surface area contributed by atoms with Crippen LogP contribution in [0.15, 0.2) is 42.6 Å². The van der Waals surface area contributed by atoms with Crippen LogP contribution in [0.5, 0.6) is 0 Å². The van der Waals surface area contributed by atoms with E-state index < -0.39 is 0 Å². The number of carbonyl (C=O) groups is 1. The maximum atomic E-state index is 13.0. The number of hydrogen-bond donors (Lipinski definition) is 2. The van der Waals surface area contributed by atoms with E-state index in [1.54, 1.807) is 11.1 Å². The number of fused-ring (bicyclic) bond motifs is 2. The predicted molar refractivity (Wildman–Crippen MR) is 130 cm³/mol. The number of aryl methyl sites for hydroxylation is 1. The zero-order valence-electron chi connectivity index (χ0n) is 18.4. The molecule has 32 heavy (non-hydrogen) atoms. The third-order valence-corrected chi connectivity index (χ3v) is 7.00. The molecular weight excluding hydrogens is 422 g/mol. The molecule has 3 aromatic heterocycles. The first kappa shape index (κ1) is 20.9. The normalized spacial score (nSPS) is 14.8. The molecule has 1 aromatic carbocycles. The van der Waals surface area contributed by atoms with Crippen LogP contribution in [0.25, 0.3) is 21.1 Å². The number of carbonyl (C=O) groups excluding carboxylic acids is 1. The number of nitrogens with zero attached hydrogens (tertiary/aromatic N) is 3. The van der Waals surface area contributed by atoms with Gasteiger partial charge in [0.15, 0.2) is 0 Å². The van der Waals surface area contributed by atoms with Crippen molar-refractivity contribution in [3.05, 3.63) is 53.2 Å². The second-order valence-electron chi connectivity index (χ2n) is 8.24. The van der Waals surface area contributed by atoms with Crippen molar-refractivity contribution in [2.45, 2.75) is 6.92 Å². The molecule has 1 aliphatic heterocycles. The summed E-state index contributed by atoms with van der Waals surface area (Å²) < 4.78 is 6.39. The number of rotatable bonds is 6. The zero-order valence-corrected chi connectivity index (χ0v) is 19.2. The van der Waals surface area contributed by atoms with Crippen molar-refractivity contribution >= 4 is 49.7 Å². The fraction of sp³-hybridized carbons (Fsp3) is 0.333. The van der Waals surface area contributed by atoms with Crippen LogP contribution >= 0.6 is 11.3 Å². The number of likely N-dealkylation sites (N-methyl/N-ethyl adjacent to an activating group) is 1. The second-order valence-corrected chi connectivity index (χ2v) is 9.30. The minimum absolute atomic E-state index is 0.0384. The average molecular weight is 450 g/mol. The number of aromatic amines is 1. The summed E-state index contributed by atoms with van der Waals surface area (Å²) in [7, 11) is 1.87. The SMILES string of the molecule is Cc1cc2cc(Nc3ccnc4cc(C(=O)N(C)CCN5CCOCC5)sc34)ccc2[nH]1. The van der Waals surface area contributed by atoms with Crippen LogP contribution in [0.2, 0.25) is 0 Å². The van der Waals surface area contributed by atoms with Crippen molar-refractivity contribution in [2.24, 2.45) is 0 Å². The van der Waals surface area contributed by atoms with Gasteiger partial charge in [0.1, 0.15) is 0 Å². The van der Waals surface area contributed by atoms with Crippen LogP contribution in [0.3, 0.4) is 0 Å². The first-order valence-corrected chi connectivity index (χ1v) is 11.7. The molecule has 4 aromatic rings. The van der Waals surface area contributed by atoms with Crippen LogP contribution in [-0.2, 0) is 4.74 Å². The maximum Gasteiger partial charge on any atom is 0.263 e. The number of hydrogen-bond acceptors (Lipinski definition) is 6. The monoisotopic (exact) mass is 449 g/mol. The Balaban J connectivity index is 1.33. The number of morpholine rings is 1. The third-order valence-electron chi connectivity index (χ3n) is 5.86. The molecule has 8 heteroatoms. The van der Waals surface area contributed by atoms with E-state index in [-0.39, 0.29) is 5.91 Å². The summed E-state index contributed by atoms with van der Waals surface area (Å²) in [6, 6.07) is 12.3. The molecule has 166 valence electrons. The van der Waals surface area contributed by atoms with Crippen LogP contribution < -0.4 is 5.32 Å². The van der Waals surface area contributed by atoms with Crippen molar-refractivity contribution < 1.29 is 9.53 Å². The first-order chi connectivity index (χ1) is 15.6. The van der Waals surface area contributed by atoms with Gasteiger partial charge < -0.3 is 19.9 Å². The standard InChI is InChI=1S/C24H27N5O2S/c1-16-13-17-14-18(3-4-19(17)26-16)27-20-5-6-25-21-15-22(32-23(20)21)24(30)28(2)7-8-29-9-11-31-12-10-29/h3-6,13-15,26H,7-12H2,1-2H3,(H,25,27). The smallest absolute Gasteiger partial charge is 0.263 e. The Kier molecular flexibility index (Phi) is 5.82. The highest BCUT2D eigenvalue weighted by atomic mass is 32.1. The summed E-state index contributed by atoms with van der Waals surface area (Å²) in [5, 5.41) is 4.68. The zero-order chi connectivity index (χ0) is 22.1. The fourth-order valence-electron chi connectivity index (χ4n) is 4.06. The molecule has 0 spiro atoms. The first-order valence-electron chi connectivity index (χ1n) is 10.9. The van der Waals surface area contributed by atoms with E-state index in [1.807, 2.05) is 19.2 Å². The number of H-pyrrole nitrogens is 1. The summed E-state index contributed by atoms with van der Waals surface area (Å²) in [6.07, 6.45) is 1.78. The van der Waals surface area contributed by atoms with E-state index in [0.29, 0.717) is 11.4 Å². The van der Waals surface area contributed by atoms with Crippen molar-refractivity contribution in [3.8, 4) is 0 Å². The highest BCUT2D eigenvalue weighted by Crippen LogP contribution is 2.33. The highest BCUT2D eigenvalue weighted by Gasteiger charge is 2.18. The Morgan fingerprint density at radius 2 is 2.09 bits per heavy atom. The Hall–Kier alpha value is -2.94. The van der Waals surface area contributed by atoms with Crippen molar-refractivity contribution in [2.75, 3.05) is 51.8 Å². The highest BCUT2D eigenvalue weighted by molar-refractivity contribution is 7.21. The summed E-state index contributed by atoms with van der Waals surface area (Å²) in [4.78, 5) is 25.7. The molecule has 0 saturated carbocycles. The summed E-state index contributed by atoms with van der Waals surface area (Å²) in [5.74, 6) is 0.0384. The van der Waals surface area contributed by atoms with Crippen molar-refractivity contribution in [1.82, 2.24) is 19.8 Å². The number of pyridine rings is 1. The molecule has 1 fully saturated rings. The summed E-state index contributed by atoms with van der Waals surface area (Å²) in [5.41, 5.74) is 5.07. The van der Waals surface area contributed by atoms with Gasteiger partial charge in [-0.15, -0.1) is 11.3 Å². The lowest BCUT2D eigenvalue weighted by Gasteiger charge is -2.28. The number of anilines is 2. The Bertz CT molecular complexity index is 1260. The molecule has 1 saturated heterocycles. The predicted octanol–water partition coefficient (Wildman–Crippen LogP) is 4.23. The van der Waals surface area contributed by atoms with Gasteiger partial charge in [-0.05, 0) is 43.3 Å². The molecule has 0 atom stereocenters. The molecule has 0 radical (unpaired) electrons. The minimum atomic E-state index is 0.0384. The largest absolute Gasteiger partial charge is 0.379 e. The Labute approximate surface area is 191 Å². The van der Waals surface area contributed by atoms with Crippen molar-refractivity contribution in [1.29, 1.82) is 0 Å². The van der Waals surface area contributed by atoms with Gasteiger partial charge in [-0.3, -0.25) is 14.7 Å². The molecule has 7 nitrogen and oxygen atoms in total. The molecule has 0 bridgehead atoms.